The topological polar surface area (TPSA) is 87.4 Å². The van der Waals surface area contributed by atoms with Gasteiger partial charge in [0.2, 0.25) is 5.82 Å². The molecule has 0 aliphatic rings. The van der Waals surface area contributed by atoms with Gasteiger partial charge in [-0.3, -0.25) is 9.36 Å². The van der Waals surface area contributed by atoms with Crippen LogP contribution < -0.4 is 20.5 Å². The summed E-state index contributed by atoms with van der Waals surface area (Å²) in [5.74, 6) is -0.853. The average Bonchev–Trinajstić information content (AvgIpc) is 2.92. The molecule has 1 amide bonds. The van der Waals surface area contributed by atoms with Crippen LogP contribution in [0.4, 0.5) is 13.2 Å². The van der Waals surface area contributed by atoms with Gasteiger partial charge in [-0.15, -0.1) is 5.10 Å². The second-order valence-electron chi connectivity index (χ2n) is 5.67. The molecule has 1 heterocycles. The van der Waals surface area contributed by atoms with Crippen LogP contribution in [0.25, 0.3) is 0 Å². The number of aromatic nitrogens is 3. The molecule has 0 saturated carbocycles. The molecule has 0 spiro atoms. The minimum Gasteiger partial charge on any atom is -0.490 e. The lowest BCUT2D eigenvalue weighted by molar-refractivity contribution is -0.147. The van der Waals surface area contributed by atoms with E-state index in [-0.39, 0.29) is 18.7 Å². The number of hydrogen-bond donors (Lipinski definition) is 1. The molecular formula is C17H21F3N4O4. The Labute approximate surface area is 158 Å². The number of amides is 1. The zero-order valence-corrected chi connectivity index (χ0v) is 15.7. The van der Waals surface area contributed by atoms with Crippen molar-refractivity contribution in [2.45, 2.75) is 26.6 Å². The monoisotopic (exact) mass is 402 g/mol. The van der Waals surface area contributed by atoms with Gasteiger partial charge in [-0.2, -0.15) is 13.2 Å². The lowest BCUT2D eigenvalue weighted by Crippen LogP contribution is -2.31. The molecule has 1 aromatic carbocycles. The molecule has 0 radical (unpaired) electrons. The number of ether oxygens (including phenoxy) is 2. The van der Waals surface area contributed by atoms with Crippen LogP contribution in [-0.2, 0) is 19.8 Å². The third-order valence-corrected chi connectivity index (χ3v) is 3.71. The Morgan fingerprint density at radius 3 is 2.39 bits per heavy atom. The van der Waals surface area contributed by atoms with Gasteiger partial charge in [-0.25, -0.2) is 9.48 Å². The van der Waals surface area contributed by atoms with Gasteiger partial charge in [0.1, 0.15) is 0 Å². The van der Waals surface area contributed by atoms with Crippen molar-refractivity contribution < 1.29 is 27.4 Å². The van der Waals surface area contributed by atoms with Crippen molar-refractivity contribution in [2.24, 2.45) is 7.05 Å². The molecule has 8 nitrogen and oxygen atoms in total. The smallest absolute Gasteiger partial charge is 0.451 e. The van der Waals surface area contributed by atoms with E-state index in [4.69, 9.17) is 9.47 Å². The highest BCUT2D eigenvalue weighted by Crippen LogP contribution is 2.28. The maximum absolute atomic E-state index is 12.8. The summed E-state index contributed by atoms with van der Waals surface area (Å²) in [6, 6.07) is 4.65. The predicted octanol–water partition coefficient (Wildman–Crippen LogP) is 1.83. The SMILES string of the molecule is CCOc1ccc(C(=O)NCCn2nc(C(F)(F)F)n(C)c2=O)cc1OCC. The van der Waals surface area contributed by atoms with Gasteiger partial charge in [0, 0.05) is 19.2 Å². The van der Waals surface area contributed by atoms with Crippen LogP contribution in [0.15, 0.2) is 23.0 Å². The summed E-state index contributed by atoms with van der Waals surface area (Å²) >= 11 is 0. The Kier molecular flexibility index (Phi) is 6.71. The molecule has 0 unspecified atom stereocenters. The van der Waals surface area contributed by atoms with Crippen LogP contribution in [0, 0.1) is 0 Å². The number of benzene rings is 1. The van der Waals surface area contributed by atoms with Crippen LogP contribution >= 0.6 is 0 Å². The molecule has 0 bridgehead atoms. The zero-order chi connectivity index (χ0) is 20.9. The zero-order valence-electron chi connectivity index (χ0n) is 15.7. The highest BCUT2D eigenvalue weighted by atomic mass is 19.4. The fourth-order valence-corrected chi connectivity index (χ4v) is 2.45. The molecule has 28 heavy (non-hydrogen) atoms. The Morgan fingerprint density at radius 2 is 1.82 bits per heavy atom. The Morgan fingerprint density at radius 1 is 1.18 bits per heavy atom. The number of carbonyl (C=O) groups excluding carboxylic acids is 1. The molecule has 0 fully saturated rings. The summed E-state index contributed by atoms with van der Waals surface area (Å²) in [6.07, 6.45) is -4.74. The number of nitrogens with one attached hydrogen (secondary N) is 1. The van der Waals surface area contributed by atoms with Gasteiger partial charge in [0.05, 0.1) is 19.8 Å². The number of nitrogens with zero attached hydrogens (tertiary/aromatic N) is 3. The number of hydrogen-bond acceptors (Lipinski definition) is 5. The first-order valence-electron chi connectivity index (χ1n) is 8.57. The molecule has 0 atom stereocenters. The summed E-state index contributed by atoms with van der Waals surface area (Å²) < 4.78 is 50.3. The van der Waals surface area contributed by atoms with E-state index in [1.807, 2.05) is 6.92 Å². The standard InChI is InChI=1S/C17H21F3N4O4/c1-4-27-12-7-6-11(10-13(12)28-5-2)14(25)21-8-9-24-16(26)23(3)15(22-24)17(18,19)20/h6-7,10H,4-5,8-9H2,1-3H3,(H,21,25). The Hall–Kier alpha value is -2.98. The van der Waals surface area contributed by atoms with Crippen molar-refractivity contribution in [1.82, 2.24) is 19.7 Å². The van der Waals surface area contributed by atoms with Gasteiger partial charge < -0.3 is 14.8 Å². The fraction of sp³-hybridized carbons (Fsp3) is 0.471. The highest BCUT2D eigenvalue weighted by molar-refractivity contribution is 5.94. The molecular weight excluding hydrogens is 381 g/mol. The molecule has 2 rings (SSSR count). The van der Waals surface area contributed by atoms with Gasteiger partial charge >= 0.3 is 11.9 Å². The molecule has 1 aromatic heterocycles. The summed E-state index contributed by atoms with van der Waals surface area (Å²) in [6.45, 7) is 4.15. The molecule has 0 aliphatic heterocycles. The largest absolute Gasteiger partial charge is 0.490 e. The van der Waals surface area contributed by atoms with Gasteiger partial charge in [0.25, 0.3) is 5.91 Å². The van der Waals surface area contributed by atoms with Crippen molar-refractivity contribution in [1.29, 1.82) is 0 Å². The third kappa shape index (κ3) is 4.84. The molecule has 1 N–H and O–H groups in total. The second kappa shape index (κ2) is 8.81. The van der Waals surface area contributed by atoms with Crippen LogP contribution in [-0.4, -0.2) is 40.0 Å². The number of alkyl halides is 3. The lowest BCUT2D eigenvalue weighted by atomic mass is 10.2. The van der Waals surface area contributed by atoms with Crippen LogP contribution in [0.1, 0.15) is 30.0 Å². The molecule has 11 heteroatoms. The second-order valence-corrected chi connectivity index (χ2v) is 5.67. The van der Waals surface area contributed by atoms with Crippen molar-refractivity contribution in [3.05, 3.63) is 40.1 Å². The molecule has 0 saturated heterocycles. The van der Waals surface area contributed by atoms with E-state index in [0.29, 0.717) is 34.0 Å². The van der Waals surface area contributed by atoms with E-state index >= 15 is 0 Å². The van der Waals surface area contributed by atoms with Crippen molar-refractivity contribution >= 4 is 5.91 Å². The maximum atomic E-state index is 12.8. The number of carbonyl (C=O) groups is 1. The first kappa shape index (κ1) is 21.3. The summed E-state index contributed by atoms with van der Waals surface area (Å²) in [5.41, 5.74) is -0.627. The quantitative estimate of drug-likeness (QED) is 0.728. The van der Waals surface area contributed by atoms with Crippen LogP contribution in [0.3, 0.4) is 0 Å². The van der Waals surface area contributed by atoms with E-state index in [0.717, 1.165) is 7.05 Å². The van der Waals surface area contributed by atoms with Crippen molar-refractivity contribution in [3.8, 4) is 11.5 Å². The lowest BCUT2D eigenvalue weighted by Gasteiger charge is -2.12. The van der Waals surface area contributed by atoms with E-state index in [2.05, 4.69) is 10.4 Å². The summed E-state index contributed by atoms with van der Waals surface area (Å²) in [7, 11) is 0.989. The molecule has 0 aliphatic carbocycles. The van der Waals surface area contributed by atoms with Crippen molar-refractivity contribution in [2.75, 3.05) is 19.8 Å². The number of halogens is 3. The molecule has 2 aromatic rings. The first-order chi connectivity index (χ1) is 13.2. The Balaban J connectivity index is 2.05. The summed E-state index contributed by atoms with van der Waals surface area (Å²) in [5, 5.41) is 5.81. The van der Waals surface area contributed by atoms with Crippen LogP contribution in [0.2, 0.25) is 0 Å². The third-order valence-electron chi connectivity index (χ3n) is 3.71. The van der Waals surface area contributed by atoms with Gasteiger partial charge in [-0.1, -0.05) is 0 Å². The normalized spacial score (nSPS) is 11.4. The minimum atomic E-state index is -4.74. The predicted molar refractivity (Wildman–Crippen MR) is 93.6 cm³/mol. The van der Waals surface area contributed by atoms with Gasteiger partial charge in [0.15, 0.2) is 11.5 Å². The van der Waals surface area contributed by atoms with E-state index in [1.165, 1.54) is 12.1 Å². The van der Waals surface area contributed by atoms with E-state index in [1.54, 1.807) is 13.0 Å². The van der Waals surface area contributed by atoms with Gasteiger partial charge in [-0.05, 0) is 32.0 Å². The fourth-order valence-electron chi connectivity index (χ4n) is 2.45. The van der Waals surface area contributed by atoms with Crippen molar-refractivity contribution in [3.63, 3.8) is 0 Å². The van der Waals surface area contributed by atoms with Crippen LogP contribution in [0.5, 0.6) is 11.5 Å². The Bertz CT molecular complexity index is 890. The average molecular weight is 402 g/mol. The highest BCUT2D eigenvalue weighted by Gasteiger charge is 2.37. The number of rotatable bonds is 8. The van der Waals surface area contributed by atoms with E-state index in [9.17, 15) is 22.8 Å². The first-order valence-corrected chi connectivity index (χ1v) is 8.57. The minimum absolute atomic E-state index is 0.0791. The molecule has 154 valence electrons. The maximum Gasteiger partial charge on any atom is 0.451 e. The van der Waals surface area contributed by atoms with E-state index < -0.39 is 23.6 Å². The summed E-state index contributed by atoms with van der Waals surface area (Å²) in [4.78, 5) is 24.1.